The largest absolute Gasteiger partial charge is 0.377 e. The van der Waals surface area contributed by atoms with Crippen molar-refractivity contribution in [2.45, 2.75) is 18.1 Å². The van der Waals surface area contributed by atoms with Gasteiger partial charge in [0.2, 0.25) is 0 Å². The van der Waals surface area contributed by atoms with Crippen LogP contribution < -0.4 is 4.90 Å². The van der Waals surface area contributed by atoms with E-state index in [4.69, 9.17) is 10.3 Å². The van der Waals surface area contributed by atoms with Gasteiger partial charge in [0.1, 0.15) is 5.67 Å². The minimum absolute atomic E-state index is 0.163. The summed E-state index contributed by atoms with van der Waals surface area (Å²) in [6.45, 7) is 1.39. The molecule has 2 unspecified atom stereocenters. The van der Waals surface area contributed by atoms with E-state index in [9.17, 15) is 0 Å². The molecule has 5 nitrogen and oxygen atoms in total. The minimum atomic E-state index is -1.58. The van der Waals surface area contributed by atoms with Crippen molar-refractivity contribution in [2.24, 2.45) is 5.11 Å². The Hall–Kier alpha value is -1.30. The molecule has 2 aliphatic heterocycles. The molecular weight excluding hydrogens is 327 g/mol. The second-order valence-corrected chi connectivity index (χ2v) is 6.07. The van der Waals surface area contributed by atoms with Crippen LogP contribution in [0.5, 0.6) is 0 Å². The molecule has 0 saturated carbocycles. The van der Waals surface area contributed by atoms with Gasteiger partial charge in [0.25, 0.3) is 0 Å². The van der Waals surface area contributed by atoms with Crippen molar-refractivity contribution >= 4 is 21.6 Å². The molecule has 2 heterocycles. The van der Waals surface area contributed by atoms with E-state index in [1.807, 2.05) is 23.1 Å². The third-order valence-corrected chi connectivity index (χ3v) is 4.46. The molecule has 0 radical (unpaired) electrons. The van der Waals surface area contributed by atoms with Crippen LogP contribution in [0.4, 0.5) is 10.1 Å². The SMILES string of the molecule is [N-]=[N+]=NCC1(F)Cc2ccc(Br)cc2N2CCOCC21. The number of nitrogens with zero attached hydrogens (tertiary/aromatic N) is 4. The van der Waals surface area contributed by atoms with E-state index in [1.165, 1.54) is 0 Å². The average Bonchev–Trinajstić information content (AvgIpc) is 2.47. The summed E-state index contributed by atoms with van der Waals surface area (Å²) < 4.78 is 21.7. The smallest absolute Gasteiger partial charge is 0.143 e. The van der Waals surface area contributed by atoms with Crippen molar-refractivity contribution in [3.8, 4) is 0 Å². The van der Waals surface area contributed by atoms with Crippen LogP contribution in [0.2, 0.25) is 0 Å². The topological polar surface area (TPSA) is 61.2 Å². The Kier molecular flexibility index (Phi) is 3.58. The Bertz CT molecular complexity index is 577. The molecule has 0 amide bonds. The highest BCUT2D eigenvalue weighted by Crippen LogP contribution is 2.41. The Morgan fingerprint density at radius 2 is 2.45 bits per heavy atom. The summed E-state index contributed by atoms with van der Waals surface area (Å²) in [6.07, 6.45) is 0.249. The molecule has 3 rings (SSSR count). The molecule has 0 spiro atoms. The predicted molar refractivity (Wildman–Crippen MR) is 77.7 cm³/mol. The number of alkyl halides is 1. The quantitative estimate of drug-likeness (QED) is 0.471. The highest BCUT2D eigenvalue weighted by atomic mass is 79.9. The average molecular weight is 341 g/mol. The molecule has 0 aliphatic carbocycles. The molecule has 1 aromatic carbocycles. The zero-order valence-corrected chi connectivity index (χ0v) is 12.4. The Morgan fingerprint density at radius 1 is 1.60 bits per heavy atom. The Balaban J connectivity index is 2.04. The molecule has 7 heteroatoms. The normalized spacial score (nSPS) is 28.3. The first kappa shape index (κ1) is 13.7. The zero-order chi connectivity index (χ0) is 14.2. The lowest BCUT2D eigenvalue weighted by molar-refractivity contribution is 0.0181. The molecule has 20 heavy (non-hydrogen) atoms. The summed E-state index contributed by atoms with van der Waals surface area (Å²) in [6, 6.07) is 5.45. The van der Waals surface area contributed by atoms with Crippen LogP contribution in [0.25, 0.3) is 10.4 Å². The molecule has 1 aromatic rings. The van der Waals surface area contributed by atoms with E-state index in [2.05, 4.69) is 26.0 Å². The maximum absolute atomic E-state index is 15.3. The number of hydrogen-bond acceptors (Lipinski definition) is 3. The number of azide groups is 1. The van der Waals surface area contributed by atoms with Gasteiger partial charge >= 0.3 is 0 Å². The first-order valence-corrected chi connectivity index (χ1v) is 7.26. The monoisotopic (exact) mass is 340 g/mol. The van der Waals surface area contributed by atoms with Gasteiger partial charge in [-0.1, -0.05) is 27.1 Å². The van der Waals surface area contributed by atoms with Crippen molar-refractivity contribution in [3.05, 3.63) is 38.7 Å². The van der Waals surface area contributed by atoms with Crippen LogP contribution in [-0.4, -0.2) is 38.0 Å². The van der Waals surface area contributed by atoms with E-state index in [-0.39, 0.29) is 13.0 Å². The van der Waals surface area contributed by atoms with Crippen molar-refractivity contribution in [1.29, 1.82) is 0 Å². The fourth-order valence-electron chi connectivity index (χ4n) is 3.02. The lowest BCUT2D eigenvalue weighted by Crippen LogP contribution is -2.61. The van der Waals surface area contributed by atoms with Crippen LogP contribution in [0.3, 0.4) is 0 Å². The second kappa shape index (κ2) is 5.24. The van der Waals surface area contributed by atoms with Gasteiger partial charge in [-0.05, 0) is 23.2 Å². The van der Waals surface area contributed by atoms with Gasteiger partial charge in [-0.25, -0.2) is 4.39 Å². The van der Waals surface area contributed by atoms with Crippen molar-refractivity contribution in [2.75, 3.05) is 31.2 Å². The number of hydrogen-bond donors (Lipinski definition) is 0. The third-order valence-electron chi connectivity index (χ3n) is 3.96. The molecular formula is C13H14BrFN4O. The van der Waals surface area contributed by atoms with E-state index < -0.39 is 11.7 Å². The molecule has 0 N–H and O–H groups in total. The Morgan fingerprint density at radius 3 is 3.25 bits per heavy atom. The minimum Gasteiger partial charge on any atom is -0.377 e. The molecule has 1 saturated heterocycles. The number of ether oxygens (including phenoxy) is 1. The highest BCUT2D eigenvalue weighted by molar-refractivity contribution is 9.10. The number of anilines is 1. The number of benzene rings is 1. The number of rotatable bonds is 2. The summed E-state index contributed by atoms with van der Waals surface area (Å²) in [5.41, 5.74) is 8.89. The first-order valence-electron chi connectivity index (χ1n) is 6.47. The van der Waals surface area contributed by atoms with Gasteiger partial charge in [-0.15, -0.1) is 0 Å². The van der Waals surface area contributed by atoms with Gasteiger partial charge in [-0.2, -0.15) is 0 Å². The molecule has 0 bridgehead atoms. The van der Waals surface area contributed by atoms with Gasteiger partial charge in [0.15, 0.2) is 0 Å². The molecule has 1 fully saturated rings. The van der Waals surface area contributed by atoms with Crippen LogP contribution in [0.1, 0.15) is 5.56 Å². The third kappa shape index (κ3) is 2.26. The second-order valence-electron chi connectivity index (χ2n) is 5.16. The van der Waals surface area contributed by atoms with Gasteiger partial charge in [0.05, 0.1) is 25.8 Å². The lowest BCUT2D eigenvalue weighted by Gasteiger charge is -2.49. The number of fused-ring (bicyclic) bond motifs is 3. The van der Waals surface area contributed by atoms with Crippen LogP contribution >= 0.6 is 15.9 Å². The molecule has 2 atom stereocenters. The fourth-order valence-corrected chi connectivity index (χ4v) is 3.37. The summed E-state index contributed by atoms with van der Waals surface area (Å²) in [7, 11) is 0. The molecule has 0 aromatic heterocycles. The fraction of sp³-hybridized carbons (Fsp3) is 0.538. The maximum Gasteiger partial charge on any atom is 0.143 e. The summed E-state index contributed by atoms with van der Waals surface area (Å²) in [4.78, 5) is 4.74. The van der Waals surface area contributed by atoms with Crippen LogP contribution in [0.15, 0.2) is 27.8 Å². The van der Waals surface area contributed by atoms with E-state index in [1.54, 1.807) is 0 Å². The van der Waals surface area contributed by atoms with Crippen LogP contribution in [0, 0.1) is 0 Å². The van der Waals surface area contributed by atoms with Gasteiger partial charge < -0.3 is 9.64 Å². The van der Waals surface area contributed by atoms with E-state index >= 15 is 4.39 Å². The summed E-state index contributed by atoms with van der Waals surface area (Å²) >= 11 is 3.46. The lowest BCUT2D eigenvalue weighted by atomic mass is 9.82. The van der Waals surface area contributed by atoms with Gasteiger partial charge in [-0.3, -0.25) is 0 Å². The maximum atomic E-state index is 15.3. The first-order chi connectivity index (χ1) is 9.64. The van der Waals surface area contributed by atoms with Gasteiger partial charge in [0, 0.05) is 28.0 Å². The summed E-state index contributed by atoms with van der Waals surface area (Å²) in [5.74, 6) is 0. The highest BCUT2D eigenvalue weighted by Gasteiger charge is 2.48. The van der Waals surface area contributed by atoms with Crippen molar-refractivity contribution in [3.63, 3.8) is 0 Å². The summed E-state index contributed by atoms with van der Waals surface area (Å²) in [5, 5.41) is 3.46. The van der Waals surface area contributed by atoms with Crippen molar-refractivity contribution in [1.82, 2.24) is 0 Å². The van der Waals surface area contributed by atoms with Crippen LogP contribution in [-0.2, 0) is 11.2 Å². The zero-order valence-electron chi connectivity index (χ0n) is 10.8. The van der Waals surface area contributed by atoms with Crippen molar-refractivity contribution < 1.29 is 9.13 Å². The molecule has 2 aliphatic rings. The van der Waals surface area contributed by atoms with E-state index in [0.717, 1.165) is 15.7 Å². The standard InChI is InChI=1S/C13H14BrFN4O/c14-10-2-1-9-6-13(15,8-17-18-16)12-7-20-4-3-19(12)11(9)5-10/h1-2,5,12H,3-4,6-8H2. The predicted octanol–water partition coefficient (Wildman–Crippen LogP) is 3.23. The van der Waals surface area contributed by atoms with E-state index in [0.29, 0.717) is 19.8 Å². The Labute approximate surface area is 124 Å². The number of halogens is 2. The molecule has 106 valence electrons. The number of morpholine rings is 1.